The molecule has 0 unspecified atom stereocenters. The van der Waals surface area contributed by atoms with Gasteiger partial charge in [0.1, 0.15) is 12.4 Å². The molecule has 4 rings (SSSR count). The molecule has 1 heterocycles. The summed E-state index contributed by atoms with van der Waals surface area (Å²) >= 11 is 0.922. The van der Waals surface area contributed by atoms with Crippen molar-refractivity contribution in [1.29, 1.82) is 0 Å². The number of carbonyl (C=O) groups excluding carboxylic acids is 2. The van der Waals surface area contributed by atoms with Crippen molar-refractivity contribution in [2.45, 2.75) is 6.61 Å². The molecule has 1 aliphatic heterocycles. The molecule has 4 nitrogen and oxygen atoms in total. The maximum absolute atomic E-state index is 11.6. The fraction of sp³-hybridized carbons (Fsp3) is 0.0476. The normalized spacial score (nSPS) is 15.5. The van der Waals surface area contributed by atoms with Crippen molar-refractivity contribution in [1.82, 2.24) is 5.32 Å². The van der Waals surface area contributed by atoms with Crippen molar-refractivity contribution >= 4 is 39.8 Å². The van der Waals surface area contributed by atoms with Gasteiger partial charge in [0.25, 0.3) is 11.1 Å². The summed E-state index contributed by atoms with van der Waals surface area (Å²) in [5.41, 5.74) is 2.00. The Bertz CT molecular complexity index is 1030. The summed E-state index contributed by atoms with van der Waals surface area (Å²) in [6.45, 7) is 0.525. The predicted molar refractivity (Wildman–Crippen MR) is 104 cm³/mol. The molecule has 0 aromatic heterocycles. The minimum Gasteiger partial charge on any atom is -0.489 e. The van der Waals surface area contributed by atoms with Gasteiger partial charge in [-0.25, -0.2) is 0 Å². The highest BCUT2D eigenvalue weighted by molar-refractivity contribution is 8.18. The highest BCUT2D eigenvalue weighted by atomic mass is 32.2. The van der Waals surface area contributed by atoms with Crippen LogP contribution in [-0.2, 0) is 11.4 Å². The molecule has 5 heteroatoms. The van der Waals surface area contributed by atoms with Crippen LogP contribution in [0.25, 0.3) is 16.8 Å². The van der Waals surface area contributed by atoms with Crippen LogP contribution in [0, 0.1) is 0 Å². The van der Waals surface area contributed by atoms with Gasteiger partial charge in [-0.1, -0.05) is 48.5 Å². The largest absolute Gasteiger partial charge is 0.489 e. The van der Waals surface area contributed by atoms with Gasteiger partial charge in [0, 0.05) is 0 Å². The van der Waals surface area contributed by atoms with Gasteiger partial charge in [0.05, 0.1) is 4.91 Å². The van der Waals surface area contributed by atoms with Gasteiger partial charge in [-0.2, -0.15) is 0 Å². The van der Waals surface area contributed by atoms with Crippen molar-refractivity contribution in [2.24, 2.45) is 0 Å². The molecule has 0 saturated carbocycles. The molecule has 0 spiro atoms. The fourth-order valence-corrected chi connectivity index (χ4v) is 3.42. The van der Waals surface area contributed by atoms with Crippen molar-refractivity contribution < 1.29 is 14.3 Å². The van der Waals surface area contributed by atoms with E-state index in [1.807, 2.05) is 66.7 Å². The zero-order valence-electron chi connectivity index (χ0n) is 13.8. The van der Waals surface area contributed by atoms with E-state index in [-0.39, 0.29) is 11.1 Å². The zero-order valence-corrected chi connectivity index (χ0v) is 14.6. The van der Waals surface area contributed by atoms with E-state index in [0.29, 0.717) is 11.5 Å². The number of rotatable bonds is 4. The third-order valence-electron chi connectivity index (χ3n) is 4.02. The molecule has 1 aliphatic rings. The average molecular weight is 361 g/mol. The molecular formula is C21H15NO3S. The zero-order chi connectivity index (χ0) is 17.9. The minimum absolute atomic E-state index is 0.331. The van der Waals surface area contributed by atoms with Crippen LogP contribution in [0.4, 0.5) is 4.79 Å². The molecule has 1 N–H and O–H groups in total. The summed E-state index contributed by atoms with van der Waals surface area (Å²) < 4.78 is 5.86. The maximum Gasteiger partial charge on any atom is 0.290 e. The quantitative estimate of drug-likeness (QED) is 0.682. The molecule has 0 atom stereocenters. The maximum atomic E-state index is 11.6. The lowest BCUT2D eigenvalue weighted by atomic mass is 10.1. The van der Waals surface area contributed by atoms with Gasteiger partial charge in [0.2, 0.25) is 0 Å². The van der Waals surface area contributed by atoms with Gasteiger partial charge < -0.3 is 4.74 Å². The summed E-state index contributed by atoms with van der Waals surface area (Å²) in [5, 5.41) is 4.02. The first-order valence-electron chi connectivity index (χ1n) is 8.13. The number of imide groups is 1. The molecule has 3 aromatic carbocycles. The number of nitrogens with one attached hydrogen (secondary N) is 1. The van der Waals surface area contributed by atoms with E-state index in [1.165, 1.54) is 0 Å². The topological polar surface area (TPSA) is 55.4 Å². The summed E-state index contributed by atoms with van der Waals surface area (Å²) in [4.78, 5) is 23.3. The third-order valence-corrected chi connectivity index (χ3v) is 4.83. The second-order valence-corrected chi connectivity index (χ2v) is 6.91. The minimum atomic E-state index is -0.343. The van der Waals surface area contributed by atoms with E-state index < -0.39 is 0 Å². The van der Waals surface area contributed by atoms with Crippen molar-refractivity contribution in [3.8, 4) is 5.75 Å². The first-order chi connectivity index (χ1) is 12.7. The second-order valence-electron chi connectivity index (χ2n) is 5.89. The number of hydrogen-bond acceptors (Lipinski definition) is 4. The monoisotopic (exact) mass is 361 g/mol. The predicted octanol–water partition coefficient (Wildman–Crippen LogP) is 4.74. The Morgan fingerprint density at radius 2 is 1.69 bits per heavy atom. The Balaban J connectivity index is 1.54. The Labute approximate surface area is 154 Å². The highest BCUT2D eigenvalue weighted by Gasteiger charge is 2.24. The summed E-state index contributed by atoms with van der Waals surface area (Å²) in [5.74, 6) is 0.466. The lowest BCUT2D eigenvalue weighted by molar-refractivity contribution is -0.115. The van der Waals surface area contributed by atoms with Gasteiger partial charge in [-0.3, -0.25) is 14.9 Å². The summed E-state index contributed by atoms with van der Waals surface area (Å²) in [6, 6.07) is 21.8. The Kier molecular flexibility index (Phi) is 4.46. The lowest BCUT2D eigenvalue weighted by Crippen LogP contribution is -2.17. The van der Waals surface area contributed by atoms with E-state index in [1.54, 1.807) is 6.08 Å². The molecule has 1 fully saturated rings. The molecule has 128 valence electrons. The molecule has 0 bridgehead atoms. The van der Waals surface area contributed by atoms with Crippen LogP contribution >= 0.6 is 11.8 Å². The Hall–Kier alpha value is -3.05. The van der Waals surface area contributed by atoms with Gasteiger partial charge in [0.15, 0.2) is 0 Å². The van der Waals surface area contributed by atoms with Crippen molar-refractivity contribution in [2.75, 3.05) is 0 Å². The number of fused-ring (bicyclic) bond motifs is 1. The number of carbonyl (C=O) groups is 2. The number of ether oxygens (including phenoxy) is 1. The summed E-state index contributed by atoms with van der Waals surface area (Å²) in [7, 11) is 0. The van der Waals surface area contributed by atoms with E-state index in [9.17, 15) is 9.59 Å². The summed E-state index contributed by atoms with van der Waals surface area (Å²) in [6.07, 6.45) is 1.73. The molecular weight excluding hydrogens is 346 g/mol. The van der Waals surface area contributed by atoms with E-state index in [2.05, 4.69) is 5.32 Å². The van der Waals surface area contributed by atoms with E-state index in [0.717, 1.165) is 39.4 Å². The first kappa shape index (κ1) is 16.4. The number of hydrogen-bond donors (Lipinski definition) is 1. The Morgan fingerprint density at radius 3 is 2.46 bits per heavy atom. The van der Waals surface area contributed by atoms with Crippen LogP contribution in [0.2, 0.25) is 0 Å². The van der Waals surface area contributed by atoms with E-state index >= 15 is 0 Å². The second kappa shape index (κ2) is 7.06. The van der Waals surface area contributed by atoms with Crippen LogP contribution in [0.1, 0.15) is 11.1 Å². The fourth-order valence-electron chi connectivity index (χ4n) is 2.74. The molecule has 2 amide bonds. The van der Waals surface area contributed by atoms with Crippen molar-refractivity contribution in [3.63, 3.8) is 0 Å². The molecule has 26 heavy (non-hydrogen) atoms. The van der Waals surface area contributed by atoms with E-state index in [4.69, 9.17) is 4.74 Å². The van der Waals surface area contributed by atoms with Crippen molar-refractivity contribution in [3.05, 3.63) is 82.8 Å². The Morgan fingerprint density at radius 1 is 0.923 bits per heavy atom. The first-order valence-corrected chi connectivity index (χ1v) is 8.94. The van der Waals surface area contributed by atoms with Gasteiger partial charge in [-0.15, -0.1) is 0 Å². The molecule has 0 radical (unpaired) electrons. The number of thioether (sulfide) groups is 1. The molecule has 1 saturated heterocycles. The number of benzene rings is 3. The molecule has 0 aliphatic carbocycles. The van der Waals surface area contributed by atoms with Crippen LogP contribution in [0.5, 0.6) is 5.75 Å². The number of amides is 2. The van der Waals surface area contributed by atoms with Crippen LogP contribution in [-0.4, -0.2) is 11.1 Å². The van der Waals surface area contributed by atoms with Gasteiger partial charge >= 0.3 is 0 Å². The standard InChI is InChI=1S/C21H15NO3S/c23-20-19(26-21(24)22-20)11-15-6-7-17-12-18(9-8-16(17)10-15)25-13-14-4-2-1-3-5-14/h1-12H,13H2,(H,22,23,24). The van der Waals surface area contributed by atoms with Crippen LogP contribution < -0.4 is 10.1 Å². The van der Waals surface area contributed by atoms with Crippen LogP contribution in [0.15, 0.2) is 71.6 Å². The lowest BCUT2D eigenvalue weighted by Gasteiger charge is -2.08. The SMILES string of the molecule is O=C1NC(=O)C(=Cc2ccc3cc(OCc4ccccc4)ccc3c2)S1. The highest BCUT2D eigenvalue weighted by Crippen LogP contribution is 2.28. The average Bonchev–Trinajstić information content (AvgIpc) is 2.97. The molecule has 3 aromatic rings. The van der Waals surface area contributed by atoms with Crippen LogP contribution in [0.3, 0.4) is 0 Å². The third kappa shape index (κ3) is 3.63. The van der Waals surface area contributed by atoms with Gasteiger partial charge in [-0.05, 0) is 57.9 Å². The smallest absolute Gasteiger partial charge is 0.290 e.